The topological polar surface area (TPSA) is 58.7 Å². The first-order valence-corrected chi connectivity index (χ1v) is 6.29. The van der Waals surface area contributed by atoms with E-state index in [2.05, 4.69) is 0 Å². The van der Waals surface area contributed by atoms with Gasteiger partial charge in [0.25, 0.3) is 0 Å². The Morgan fingerprint density at radius 2 is 1.12 bits per heavy atom. The van der Waals surface area contributed by atoms with E-state index in [1.165, 1.54) is 4.91 Å². The minimum absolute atomic E-state index is 0. The van der Waals surface area contributed by atoms with Crippen LogP contribution in [0.25, 0.3) is 16.0 Å². The van der Waals surface area contributed by atoms with Crippen LogP contribution in [0.2, 0.25) is 0 Å². The third-order valence-electron chi connectivity index (χ3n) is 0. The summed E-state index contributed by atoms with van der Waals surface area (Å²) in [5, 5.41) is 0. The van der Waals surface area contributed by atoms with Crippen molar-refractivity contribution in [3.8, 4) is 0 Å². The minimum atomic E-state index is -1.72. The van der Waals surface area contributed by atoms with E-state index in [0.717, 1.165) is 0 Å². The summed E-state index contributed by atoms with van der Waals surface area (Å²) in [5.41, 5.74) is 13.5. The zero-order chi connectivity index (χ0) is 6.28. The van der Waals surface area contributed by atoms with Crippen LogP contribution in [0.1, 0.15) is 0 Å². The first-order valence-electron chi connectivity index (χ1n) is 1.05. The molecular formula is AlCl3N3Na. The molecule has 0 aromatic carbocycles. The van der Waals surface area contributed by atoms with Crippen LogP contribution in [-0.2, 0) is 0 Å². The first kappa shape index (κ1) is 16.4. The van der Waals surface area contributed by atoms with Crippen molar-refractivity contribution in [3.05, 3.63) is 16.0 Å². The van der Waals surface area contributed by atoms with Crippen molar-refractivity contribution < 1.29 is 29.6 Å². The summed E-state index contributed by atoms with van der Waals surface area (Å²) in [6.45, 7) is 0. The fourth-order valence-electron chi connectivity index (χ4n) is 0. The van der Waals surface area contributed by atoms with Gasteiger partial charge in [-0.15, -0.1) is 0 Å². The van der Waals surface area contributed by atoms with Crippen LogP contribution < -0.4 is 29.6 Å². The van der Waals surface area contributed by atoms with Gasteiger partial charge in [0.05, 0.1) is 0 Å². The van der Waals surface area contributed by atoms with Crippen molar-refractivity contribution in [3.63, 3.8) is 0 Å². The van der Waals surface area contributed by atoms with Gasteiger partial charge in [-0.05, 0) is 0 Å². The molecule has 0 fully saturated rings. The van der Waals surface area contributed by atoms with Crippen molar-refractivity contribution in [2.75, 3.05) is 0 Å². The van der Waals surface area contributed by atoms with E-state index in [4.69, 9.17) is 41.2 Å². The van der Waals surface area contributed by atoms with E-state index in [0.29, 0.717) is 0 Å². The SMILES string of the molecule is [Cl][Al]([Cl])[Cl].[N-]=[N+]=[N-].[Na+]. The second-order valence-corrected chi connectivity index (χ2v) is 6.77. The van der Waals surface area contributed by atoms with Gasteiger partial charge in [-0.25, -0.2) is 30.1 Å². The molecule has 0 aliphatic rings. The Labute approximate surface area is 86.0 Å². The summed E-state index contributed by atoms with van der Waals surface area (Å²) in [7, 11) is 14.8. The molecule has 0 aromatic rings. The molecule has 0 unspecified atom stereocenters. The first-order chi connectivity index (χ1) is 3.15. The molecule has 0 saturated carbocycles. The van der Waals surface area contributed by atoms with E-state index in [1.54, 1.807) is 0 Å². The van der Waals surface area contributed by atoms with Crippen molar-refractivity contribution in [1.29, 1.82) is 0 Å². The van der Waals surface area contributed by atoms with Gasteiger partial charge in [0, 0.05) is 0 Å². The molecule has 0 amide bonds. The summed E-state index contributed by atoms with van der Waals surface area (Å²) in [5.74, 6) is 0. The summed E-state index contributed by atoms with van der Waals surface area (Å²) in [4.78, 5) is 1.50. The summed E-state index contributed by atoms with van der Waals surface area (Å²) < 4.78 is 0. The molecule has 0 atom stereocenters. The third kappa shape index (κ3) is 118. The van der Waals surface area contributed by atoms with Gasteiger partial charge < -0.3 is 11.1 Å². The van der Waals surface area contributed by atoms with Gasteiger partial charge in [0.2, 0.25) is 0 Å². The van der Waals surface area contributed by atoms with Crippen LogP contribution in [0.3, 0.4) is 0 Å². The summed E-state index contributed by atoms with van der Waals surface area (Å²) >= 11 is -1.72. The van der Waals surface area contributed by atoms with E-state index in [1.807, 2.05) is 0 Å². The van der Waals surface area contributed by atoms with Crippen LogP contribution >= 0.6 is 30.1 Å². The summed E-state index contributed by atoms with van der Waals surface area (Å²) in [6, 6.07) is 0. The predicted molar refractivity (Wildman–Crippen MR) is 33.4 cm³/mol. The second kappa shape index (κ2) is 15.9. The van der Waals surface area contributed by atoms with Crippen molar-refractivity contribution in [2.24, 2.45) is 0 Å². The number of hydrogen-bond acceptors (Lipinski definition) is 0. The van der Waals surface area contributed by atoms with Gasteiger partial charge in [0.1, 0.15) is 0 Å². The van der Waals surface area contributed by atoms with Crippen LogP contribution in [0.15, 0.2) is 0 Å². The number of nitrogens with zero attached hydrogens (tertiary/aromatic N) is 3. The fraction of sp³-hybridized carbons (Fsp3) is 0. The Hall–Kier alpha value is 1.71. The second-order valence-electron chi connectivity index (χ2n) is 0.337. The molecule has 0 aliphatic carbocycles. The molecular weight excluding hydrogens is 198 g/mol. The van der Waals surface area contributed by atoms with Gasteiger partial charge in [-0.1, -0.05) is 0 Å². The van der Waals surface area contributed by atoms with Gasteiger partial charge >= 0.3 is 40.9 Å². The zero-order valence-electron chi connectivity index (χ0n) is 4.05. The van der Waals surface area contributed by atoms with Crippen molar-refractivity contribution in [2.45, 2.75) is 0 Å². The van der Waals surface area contributed by atoms with Gasteiger partial charge in [-0.2, -0.15) is 0 Å². The Balaban J connectivity index is -0.0000000575. The van der Waals surface area contributed by atoms with Crippen LogP contribution in [-0.4, -0.2) is 11.4 Å². The average Bonchev–Trinajstić information content (AvgIpc) is 1.33. The average molecular weight is 198 g/mol. The Kier molecular flexibility index (Phi) is 32.5. The molecule has 0 rings (SSSR count). The van der Waals surface area contributed by atoms with Gasteiger partial charge in [-0.3, -0.25) is 4.91 Å². The van der Waals surface area contributed by atoms with Crippen LogP contribution in [0.4, 0.5) is 0 Å². The van der Waals surface area contributed by atoms with Crippen molar-refractivity contribution in [1.82, 2.24) is 0 Å². The molecule has 0 aliphatic heterocycles. The largest absolute Gasteiger partial charge is 1.00 e. The van der Waals surface area contributed by atoms with E-state index in [-0.39, 0.29) is 29.6 Å². The molecule has 8 heteroatoms. The normalized spacial score (nSPS) is 4.38. The maximum absolute atomic E-state index is 6.75. The van der Waals surface area contributed by atoms with E-state index < -0.39 is 11.4 Å². The maximum atomic E-state index is 6.75. The standard InChI is InChI=1S/Al.3ClH.N3.Na/c;;;;1-3-2;/h;3*1H;;/q+3;;;;-1;+1/p-3. The number of halogens is 3. The molecule has 3 nitrogen and oxygen atoms in total. The molecule has 0 saturated heterocycles. The molecule has 0 bridgehead atoms. The van der Waals surface area contributed by atoms with Crippen LogP contribution in [0, 0.1) is 0 Å². The molecule has 0 aromatic heterocycles. The molecule has 40 valence electrons. The smallest absolute Gasteiger partial charge is 0.373 e. The van der Waals surface area contributed by atoms with Crippen molar-refractivity contribution >= 4 is 41.5 Å². The molecule has 8 heavy (non-hydrogen) atoms. The quantitative estimate of drug-likeness (QED) is 0.219. The number of hydrogen-bond donors (Lipinski definition) is 0. The minimum Gasteiger partial charge on any atom is -0.373 e. The summed E-state index contributed by atoms with van der Waals surface area (Å²) in [6.07, 6.45) is 0. The maximum Gasteiger partial charge on any atom is 1.00 e. The van der Waals surface area contributed by atoms with Gasteiger partial charge in [0.15, 0.2) is 0 Å². The van der Waals surface area contributed by atoms with E-state index >= 15 is 0 Å². The van der Waals surface area contributed by atoms with Crippen LogP contribution in [0.5, 0.6) is 0 Å². The Morgan fingerprint density at radius 3 is 1.12 bits per heavy atom. The Morgan fingerprint density at radius 1 is 1.12 bits per heavy atom. The monoisotopic (exact) mass is 197 g/mol. The third-order valence-corrected chi connectivity index (χ3v) is 0. The molecule has 0 radical (unpaired) electrons. The predicted octanol–water partition coefficient (Wildman–Crippen LogP) is -0.442. The fourth-order valence-corrected chi connectivity index (χ4v) is 0. The molecule has 0 spiro atoms. The molecule has 0 heterocycles. The molecule has 0 N–H and O–H groups in total. The number of rotatable bonds is 0. The van der Waals surface area contributed by atoms with E-state index in [9.17, 15) is 0 Å². The zero-order valence-corrected chi connectivity index (χ0v) is 9.48. The Bertz CT molecular complexity index is 56.8.